The Bertz CT molecular complexity index is 734. The summed E-state index contributed by atoms with van der Waals surface area (Å²) in [7, 11) is 1.60. The fourth-order valence-electron chi connectivity index (χ4n) is 2.29. The molecule has 0 saturated heterocycles. The number of rotatable bonds is 7. The Morgan fingerprint density at radius 3 is 2.92 bits per heavy atom. The van der Waals surface area contributed by atoms with Gasteiger partial charge in [-0.15, -0.1) is 0 Å². The molecule has 1 aromatic carbocycles. The molecule has 0 aliphatic carbocycles. The Hall–Kier alpha value is -2.13. The number of carbonyl (C=O) groups excluding carboxylic acids is 1. The molecule has 0 fully saturated rings. The smallest absolute Gasteiger partial charge is 0.260 e. The number of aliphatic hydroxyl groups is 1. The van der Waals surface area contributed by atoms with Crippen molar-refractivity contribution in [3.05, 3.63) is 28.3 Å². The van der Waals surface area contributed by atoms with E-state index >= 15 is 0 Å². The molecule has 1 atom stereocenters. The average Bonchev–Trinajstić information content (AvgIpc) is 2.57. The second-order valence-electron chi connectivity index (χ2n) is 5.22. The maximum Gasteiger partial charge on any atom is 0.260 e. The Morgan fingerprint density at radius 2 is 2.12 bits per heavy atom. The number of fused-ring (bicyclic) bond motifs is 2. The van der Waals surface area contributed by atoms with Gasteiger partial charge in [0.25, 0.3) is 5.91 Å². The number of nitrogens with one attached hydrogen (secondary N) is 1. The number of hydrogen-bond acceptors (Lipinski definition) is 7. The number of amides is 1. The zero-order valence-electron chi connectivity index (χ0n) is 13.5. The first-order valence-electron chi connectivity index (χ1n) is 7.58. The zero-order valence-corrected chi connectivity index (χ0v) is 14.2. The van der Waals surface area contributed by atoms with Crippen LogP contribution in [0.1, 0.15) is 5.56 Å². The van der Waals surface area contributed by atoms with Gasteiger partial charge in [0.1, 0.15) is 23.7 Å². The first-order valence-corrected chi connectivity index (χ1v) is 7.96. The lowest BCUT2D eigenvalue weighted by atomic mass is 10.1. The molecule has 2 heterocycles. The molecule has 1 amide bonds. The summed E-state index contributed by atoms with van der Waals surface area (Å²) in [5.41, 5.74) is 0.850. The van der Waals surface area contributed by atoms with Gasteiger partial charge in [-0.25, -0.2) is 0 Å². The third-order valence-electron chi connectivity index (χ3n) is 3.46. The molecule has 0 spiro atoms. The summed E-state index contributed by atoms with van der Waals surface area (Å²) in [5, 5.41) is 12.1. The van der Waals surface area contributed by atoms with E-state index in [1.54, 1.807) is 25.3 Å². The largest absolute Gasteiger partial charge is 0.489 e. The topological polar surface area (TPSA) is 98.6 Å². The minimum atomic E-state index is -1.33. The summed E-state index contributed by atoms with van der Waals surface area (Å²) in [6, 6.07) is 3.25. The summed E-state index contributed by atoms with van der Waals surface area (Å²) in [5.74, 6) is 0.450. The predicted octanol–water partition coefficient (Wildman–Crippen LogP) is 0.962. The third-order valence-corrected chi connectivity index (χ3v) is 3.76. The lowest BCUT2D eigenvalue weighted by Gasteiger charge is -2.24. The van der Waals surface area contributed by atoms with Crippen molar-refractivity contribution in [1.29, 1.82) is 0 Å². The Kier molecular flexibility index (Phi) is 5.54. The highest BCUT2D eigenvalue weighted by atomic mass is 35.5. The van der Waals surface area contributed by atoms with Gasteiger partial charge < -0.3 is 29.4 Å². The number of nitrogens with zero attached hydrogens (tertiary/aromatic N) is 1. The molecular weight excluding hydrogens is 352 g/mol. The number of benzene rings is 1. The first-order chi connectivity index (χ1) is 12.1. The van der Waals surface area contributed by atoms with Crippen LogP contribution in [-0.4, -0.2) is 56.8 Å². The molecule has 8 nitrogen and oxygen atoms in total. The fourth-order valence-corrected chi connectivity index (χ4v) is 2.52. The van der Waals surface area contributed by atoms with Crippen molar-refractivity contribution in [2.24, 2.45) is 4.99 Å². The van der Waals surface area contributed by atoms with E-state index in [1.807, 2.05) is 0 Å². The molecular formula is C16H17ClN2O6. The molecule has 9 heteroatoms. The van der Waals surface area contributed by atoms with Crippen molar-refractivity contribution in [3.63, 3.8) is 0 Å². The monoisotopic (exact) mass is 368 g/mol. The normalized spacial score (nSPS) is 18.4. The molecule has 1 aromatic rings. The van der Waals surface area contributed by atoms with Gasteiger partial charge in [-0.3, -0.25) is 4.79 Å². The van der Waals surface area contributed by atoms with Crippen molar-refractivity contribution in [3.8, 4) is 11.5 Å². The van der Waals surface area contributed by atoms with E-state index < -0.39 is 12.3 Å². The molecule has 2 N–H and O–H groups in total. The molecule has 3 rings (SSSR count). The van der Waals surface area contributed by atoms with E-state index in [4.69, 9.17) is 30.5 Å². The highest BCUT2D eigenvalue weighted by Crippen LogP contribution is 2.37. The summed E-state index contributed by atoms with van der Waals surface area (Å²) in [6.07, 6.45) is 0.274. The van der Waals surface area contributed by atoms with Gasteiger partial charge in [-0.1, -0.05) is 11.6 Å². The standard InChI is InChI=1S/C16H17ClN2O6/c1-22-2-3-23-4-5-24-13-8-12-9(7-11(13)17)6-10-14(20)18-16(21)19-15(10)25-12/h6-8,16,21H,2-5H2,1H3,(H,18,20). The van der Waals surface area contributed by atoms with Crippen molar-refractivity contribution < 1.29 is 28.8 Å². The molecule has 1 unspecified atom stereocenters. The SMILES string of the molecule is COCCOCCOc1cc2c(cc1Cl)C=C1C(=O)NC(O)N=C1O2. The number of methoxy groups -OCH3 is 1. The molecule has 2 aliphatic rings. The van der Waals surface area contributed by atoms with E-state index in [0.717, 1.165) is 0 Å². The van der Waals surface area contributed by atoms with Gasteiger partial charge in [0.15, 0.2) is 0 Å². The minimum Gasteiger partial charge on any atom is -0.489 e. The first kappa shape index (κ1) is 17.7. The molecule has 0 radical (unpaired) electrons. The van der Waals surface area contributed by atoms with Crippen LogP contribution < -0.4 is 14.8 Å². The molecule has 25 heavy (non-hydrogen) atoms. The maximum absolute atomic E-state index is 11.9. The van der Waals surface area contributed by atoms with Gasteiger partial charge >= 0.3 is 0 Å². The quantitative estimate of drug-likeness (QED) is 0.696. The van der Waals surface area contributed by atoms with Crippen LogP contribution in [0.15, 0.2) is 22.7 Å². The van der Waals surface area contributed by atoms with Gasteiger partial charge in [0.05, 0.1) is 24.8 Å². The van der Waals surface area contributed by atoms with Gasteiger partial charge in [0.2, 0.25) is 12.2 Å². The lowest BCUT2D eigenvalue weighted by Crippen LogP contribution is -2.43. The van der Waals surface area contributed by atoms with E-state index in [1.165, 1.54) is 0 Å². The van der Waals surface area contributed by atoms with Crippen molar-refractivity contribution in [2.45, 2.75) is 6.35 Å². The summed E-state index contributed by atoms with van der Waals surface area (Å²) < 4.78 is 21.4. The second-order valence-corrected chi connectivity index (χ2v) is 5.62. The predicted molar refractivity (Wildman–Crippen MR) is 89.8 cm³/mol. The van der Waals surface area contributed by atoms with E-state index in [-0.39, 0.29) is 11.5 Å². The number of carbonyl (C=O) groups is 1. The van der Waals surface area contributed by atoms with Gasteiger partial charge in [-0.2, -0.15) is 4.99 Å². The molecule has 134 valence electrons. The summed E-state index contributed by atoms with van der Waals surface area (Å²) >= 11 is 6.22. The number of aliphatic imine (C=N–C) groups is 1. The number of hydrogen-bond donors (Lipinski definition) is 2. The molecule has 0 saturated carbocycles. The van der Waals surface area contributed by atoms with Crippen LogP contribution in [0.2, 0.25) is 5.02 Å². The third kappa shape index (κ3) is 4.10. The second kappa shape index (κ2) is 7.83. The maximum atomic E-state index is 11.9. The van der Waals surface area contributed by atoms with Crippen LogP contribution in [0.4, 0.5) is 0 Å². The van der Waals surface area contributed by atoms with E-state index in [0.29, 0.717) is 48.5 Å². The zero-order chi connectivity index (χ0) is 17.8. The highest BCUT2D eigenvalue weighted by molar-refractivity contribution is 6.32. The van der Waals surface area contributed by atoms with Crippen LogP contribution in [0.3, 0.4) is 0 Å². The lowest BCUT2D eigenvalue weighted by molar-refractivity contribution is -0.120. The van der Waals surface area contributed by atoms with E-state index in [9.17, 15) is 9.90 Å². The molecule has 0 bridgehead atoms. The average molecular weight is 369 g/mol. The fraction of sp³-hybridized carbons (Fsp3) is 0.375. The van der Waals surface area contributed by atoms with Crippen molar-refractivity contribution in [1.82, 2.24) is 5.32 Å². The Morgan fingerprint density at radius 1 is 1.32 bits per heavy atom. The highest BCUT2D eigenvalue weighted by Gasteiger charge is 2.30. The van der Waals surface area contributed by atoms with Crippen molar-refractivity contribution >= 4 is 29.5 Å². The van der Waals surface area contributed by atoms with Gasteiger partial charge in [-0.05, 0) is 12.1 Å². The van der Waals surface area contributed by atoms with Crippen LogP contribution in [0.25, 0.3) is 6.08 Å². The Balaban J connectivity index is 1.71. The Labute approximate surface area is 149 Å². The number of aliphatic hydroxyl groups excluding tert-OH is 1. The molecule has 2 aliphatic heterocycles. The van der Waals surface area contributed by atoms with Crippen LogP contribution in [0, 0.1) is 0 Å². The van der Waals surface area contributed by atoms with Crippen LogP contribution >= 0.6 is 11.6 Å². The summed E-state index contributed by atoms with van der Waals surface area (Å²) in [6.45, 7) is 1.70. The van der Waals surface area contributed by atoms with E-state index in [2.05, 4.69) is 10.3 Å². The summed E-state index contributed by atoms with van der Waals surface area (Å²) in [4.78, 5) is 15.7. The molecule has 0 aromatic heterocycles. The number of halogens is 1. The van der Waals surface area contributed by atoms with Crippen molar-refractivity contribution in [2.75, 3.05) is 33.5 Å². The minimum absolute atomic E-state index is 0.0555. The number of ether oxygens (including phenoxy) is 4. The van der Waals surface area contributed by atoms with Crippen LogP contribution in [0.5, 0.6) is 11.5 Å². The van der Waals surface area contributed by atoms with Gasteiger partial charge in [0, 0.05) is 18.7 Å². The van der Waals surface area contributed by atoms with Crippen LogP contribution in [-0.2, 0) is 14.3 Å².